The van der Waals surface area contributed by atoms with Gasteiger partial charge in [-0.3, -0.25) is 0 Å². The molecule has 5 heteroatoms. The largest absolute Gasteiger partial charge is 0.483 e. The number of hydrogen-bond donors (Lipinski definition) is 0. The van der Waals surface area contributed by atoms with Gasteiger partial charge in [0, 0.05) is 31.6 Å². The van der Waals surface area contributed by atoms with Crippen LogP contribution in [0.4, 0.5) is 0 Å². The standard InChI is InChI=1S/C3H10O3Si.C2H6Si/c1-4-7(5-2)6-3;1-2-3/h7H,1-3H3;2H,1H2,3H3. The highest BCUT2D eigenvalue weighted by Crippen LogP contribution is 1.81. The van der Waals surface area contributed by atoms with Crippen molar-refractivity contribution in [2.45, 2.75) is 0 Å². The molecule has 0 aromatic heterocycles. The predicted molar refractivity (Wildman–Crippen MR) is 48.3 cm³/mol. The van der Waals surface area contributed by atoms with Crippen LogP contribution >= 0.6 is 0 Å². The van der Waals surface area contributed by atoms with Gasteiger partial charge in [0.25, 0.3) is 0 Å². The molecule has 0 aliphatic rings. The molecule has 0 fully saturated rings. The van der Waals surface area contributed by atoms with E-state index in [1.807, 2.05) is 5.70 Å². The van der Waals surface area contributed by atoms with Crippen LogP contribution in [0.3, 0.4) is 0 Å². The van der Waals surface area contributed by atoms with E-state index in [4.69, 9.17) is 13.3 Å². The summed E-state index contributed by atoms with van der Waals surface area (Å²) in [6.07, 6.45) is 0. The SMILES string of the molecule is C=C[SiH3].CO[SiH](OC)OC. The Bertz CT molecular complexity index is 60.4. The summed E-state index contributed by atoms with van der Waals surface area (Å²) >= 11 is 0. The smallest absolute Gasteiger partial charge is 0.379 e. The van der Waals surface area contributed by atoms with Gasteiger partial charge in [0.1, 0.15) is 0 Å². The Morgan fingerprint density at radius 3 is 1.40 bits per heavy atom. The third kappa shape index (κ3) is 10.9. The van der Waals surface area contributed by atoms with Gasteiger partial charge in [0.05, 0.1) is 0 Å². The van der Waals surface area contributed by atoms with E-state index in [0.29, 0.717) is 0 Å². The molecule has 0 rings (SSSR count). The van der Waals surface area contributed by atoms with E-state index in [-0.39, 0.29) is 0 Å². The Kier molecular flexibility index (Phi) is 15.0. The minimum Gasteiger partial charge on any atom is -0.379 e. The molecular formula is C5H16O3Si2. The molecule has 0 aliphatic carbocycles. The summed E-state index contributed by atoms with van der Waals surface area (Å²) in [4.78, 5) is 0. The number of hydrogen-bond acceptors (Lipinski definition) is 3. The average Bonchev–Trinajstić information content (AvgIpc) is 1.93. The van der Waals surface area contributed by atoms with Crippen LogP contribution in [-0.4, -0.2) is 41.1 Å². The fourth-order valence-corrected chi connectivity index (χ4v) is 0.866. The summed E-state index contributed by atoms with van der Waals surface area (Å²) < 4.78 is 14.2. The maximum absolute atomic E-state index is 4.74. The van der Waals surface area contributed by atoms with Crippen molar-refractivity contribution in [2.24, 2.45) is 0 Å². The quantitative estimate of drug-likeness (QED) is 0.529. The zero-order valence-corrected chi connectivity index (χ0v) is 10.2. The molecule has 0 heterocycles. The van der Waals surface area contributed by atoms with Gasteiger partial charge in [0.15, 0.2) is 0 Å². The first-order chi connectivity index (χ1) is 4.76. The van der Waals surface area contributed by atoms with E-state index >= 15 is 0 Å². The second-order valence-electron chi connectivity index (χ2n) is 1.40. The lowest BCUT2D eigenvalue weighted by Gasteiger charge is -2.05. The van der Waals surface area contributed by atoms with Gasteiger partial charge in [-0.25, -0.2) is 0 Å². The van der Waals surface area contributed by atoms with Gasteiger partial charge in [-0.05, 0) is 0 Å². The molecule has 0 aromatic carbocycles. The summed E-state index contributed by atoms with van der Waals surface area (Å²) in [6.45, 7) is 3.42. The molecule has 10 heavy (non-hydrogen) atoms. The first kappa shape index (κ1) is 12.7. The van der Waals surface area contributed by atoms with Crippen molar-refractivity contribution in [2.75, 3.05) is 21.3 Å². The summed E-state index contributed by atoms with van der Waals surface area (Å²) in [5, 5.41) is 0. The molecule has 0 atom stereocenters. The van der Waals surface area contributed by atoms with Crippen LogP contribution in [0.25, 0.3) is 0 Å². The normalized spacial score (nSPS) is 8.80. The zero-order chi connectivity index (χ0) is 8.41. The third-order valence-corrected chi connectivity index (χ3v) is 1.73. The molecule has 62 valence electrons. The molecule has 0 spiro atoms. The van der Waals surface area contributed by atoms with Crippen molar-refractivity contribution >= 4 is 19.8 Å². The average molecular weight is 180 g/mol. The second kappa shape index (κ2) is 11.8. The van der Waals surface area contributed by atoms with E-state index < -0.39 is 9.53 Å². The van der Waals surface area contributed by atoms with Gasteiger partial charge in [0.2, 0.25) is 0 Å². The zero-order valence-electron chi connectivity index (χ0n) is 7.09. The fourth-order valence-electron chi connectivity index (χ4n) is 0.289. The van der Waals surface area contributed by atoms with Crippen LogP contribution < -0.4 is 0 Å². The van der Waals surface area contributed by atoms with Gasteiger partial charge in [-0.2, -0.15) is 0 Å². The predicted octanol–water partition coefficient (Wildman–Crippen LogP) is -0.862. The molecule has 0 aliphatic heterocycles. The van der Waals surface area contributed by atoms with Crippen LogP contribution in [0.15, 0.2) is 12.3 Å². The second-order valence-corrected chi connectivity index (χ2v) is 4.21. The summed E-state index contributed by atoms with van der Waals surface area (Å²) in [7, 11) is 4.18. The lowest BCUT2D eigenvalue weighted by molar-refractivity contribution is 0.163. The first-order valence-electron chi connectivity index (χ1n) is 2.92. The lowest BCUT2D eigenvalue weighted by atomic mass is 11.3. The van der Waals surface area contributed by atoms with Crippen molar-refractivity contribution in [3.05, 3.63) is 12.3 Å². The maximum atomic E-state index is 4.74. The highest BCUT2D eigenvalue weighted by Gasteiger charge is 2.04. The van der Waals surface area contributed by atoms with Crippen molar-refractivity contribution in [3.8, 4) is 0 Å². The van der Waals surface area contributed by atoms with Gasteiger partial charge >= 0.3 is 9.53 Å². The van der Waals surface area contributed by atoms with Crippen LogP contribution in [0.1, 0.15) is 0 Å². The molecule has 0 radical (unpaired) electrons. The van der Waals surface area contributed by atoms with Crippen molar-refractivity contribution in [1.82, 2.24) is 0 Å². The van der Waals surface area contributed by atoms with E-state index in [0.717, 1.165) is 10.2 Å². The third-order valence-electron chi connectivity index (χ3n) is 0.577. The number of rotatable bonds is 3. The molecule has 3 nitrogen and oxygen atoms in total. The Labute approximate surface area is 67.4 Å². The minimum atomic E-state index is -1.67. The van der Waals surface area contributed by atoms with Crippen LogP contribution in [0, 0.1) is 0 Å². The Hall–Kier alpha value is 0.0538. The molecule has 0 unspecified atom stereocenters. The molecule has 0 saturated heterocycles. The van der Waals surface area contributed by atoms with Gasteiger partial charge in [-0.15, -0.1) is 12.3 Å². The summed E-state index contributed by atoms with van der Waals surface area (Å²) in [5.41, 5.74) is 1.89. The van der Waals surface area contributed by atoms with Crippen LogP contribution in [0.2, 0.25) is 0 Å². The van der Waals surface area contributed by atoms with Crippen molar-refractivity contribution < 1.29 is 13.3 Å². The van der Waals surface area contributed by atoms with Crippen LogP contribution in [-0.2, 0) is 13.3 Å². The molecule has 0 aromatic rings. The van der Waals surface area contributed by atoms with E-state index in [9.17, 15) is 0 Å². The van der Waals surface area contributed by atoms with E-state index in [1.54, 1.807) is 21.3 Å². The monoisotopic (exact) mass is 180 g/mol. The molecule has 0 amide bonds. The van der Waals surface area contributed by atoms with E-state index in [2.05, 4.69) is 6.58 Å². The van der Waals surface area contributed by atoms with Crippen LogP contribution in [0.5, 0.6) is 0 Å². The Morgan fingerprint density at radius 2 is 1.40 bits per heavy atom. The van der Waals surface area contributed by atoms with E-state index in [1.165, 1.54) is 0 Å². The fraction of sp³-hybridized carbons (Fsp3) is 0.600. The summed E-state index contributed by atoms with van der Waals surface area (Å²) in [5.74, 6) is 0. The highest BCUT2D eigenvalue weighted by atomic mass is 28.3. The topological polar surface area (TPSA) is 27.7 Å². The lowest BCUT2D eigenvalue weighted by Crippen LogP contribution is -2.21. The minimum absolute atomic E-state index is 1.13. The van der Waals surface area contributed by atoms with Crippen molar-refractivity contribution in [3.63, 3.8) is 0 Å². The Balaban J connectivity index is 0. The Morgan fingerprint density at radius 1 is 1.20 bits per heavy atom. The highest BCUT2D eigenvalue weighted by molar-refractivity contribution is 6.36. The molecule has 0 N–H and O–H groups in total. The van der Waals surface area contributed by atoms with Crippen molar-refractivity contribution in [1.29, 1.82) is 0 Å². The van der Waals surface area contributed by atoms with Gasteiger partial charge < -0.3 is 13.3 Å². The molecular weight excluding hydrogens is 164 g/mol. The summed E-state index contributed by atoms with van der Waals surface area (Å²) in [6, 6.07) is 0. The maximum Gasteiger partial charge on any atom is 0.483 e. The molecule has 0 bridgehead atoms. The molecule has 0 saturated carbocycles. The van der Waals surface area contributed by atoms with Gasteiger partial charge in [-0.1, -0.05) is 0 Å². The first-order valence-corrected chi connectivity index (χ1v) is 5.49.